The molecule has 6 nitrogen and oxygen atoms in total. The zero-order chi connectivity index (χ0) is 23.4. The Bertz CT molecular complexity index is 1100. The van der Waals surface area contributed by atoms with Crippen molar-refractivity contribution >= 4 is 11.9 Å². The fraction of sp³-hybridized carbons (Fsp3) is 0.259. The van der Waals surface area contributed by atoms with Gasteiger partial charge in [-0.25, -0.2) is 4.79 Å². The van der Waals surface area contributed by atoms with Gasteiger partial charge in [0.25, 0.3) is 5.91 Å². The van der Waals surface area contributed by atoms with Crippen molar-refractivity contribution in [3.8, 4) is 5.75 Å². The molecule has 3 amide bonds. The average molecular weight is 445 g/mol. The van der Waals surface area contributed by atoms with Crippen LogP contribution in [0, 0.1) is 13.8 Å². The standard InChI is InChI=1S/C27H28N2O4/c1-19-10-9-11-20(2)25(19)33-18-23(30)17-29-26(31)24(22-14-7-4-8-15-22)28(27(29)32)16-21-12-5-3-6-13-21/h3-15,23-24,30H,16-18H2,1-2H3. The second-order valence-electron chi connectivity index (χ2n) is 8.34. The number of β-amino-alcohol motifs (C(OH)–C–C–N with tert-alkyl or cyclic N) is 1. The Hall–Kier alpha value is -3.64. The summed E-state index contributed by atoms with van der Waals surface area (Å²) in [6.45, 7) is 4.04. The van der Waals surface area contributed by atoms with Gasteiger partial charge in [0, 0.05) is 6.54 Å². The van der Waals surface area contributed by atoms with Crippen LogP contribution in [-0.2, 0) is 11.3 Å². The van der Waals surface area contributed by atoms with Crippen molar-refractivity contribution in [2.24, 2.45) is 0 Å². The van der Waals surface area contributed by atoms with Crippen molar-refractivity contribution in [2.45, 2.75) is 32.5 Å². The van der Waals surface area contributed by atoms with E-state index in [2.05, 4.69) is 0 Å². The number of para-hydroxylation sites is 1. The van der Waals surface area contributed by atoms with E-state index in [1.807, 2.05) is 92.7 Å². The minimum absolute atomic E-state index is 0.0164. The molecular formula is C27H28N2O4. The molecule has 1 N–H and O–H groups in total. The molecule has 0 saturated carbocycles. The molecule has 1 saturated heterocycles. The topological polar surface area (TPSA) is 70.1 Å². The van der Waals surface area contributed by atoms with Crippen molar-refractivity contribution < 1.29 is 19.4 Å². The first-order valence-corrected chi connectivity index (χ1v) is 11.0. The van der Waals surface area contributed by atoms with E-state index in [1.54, 1.807) is 4.90 Å². The number of imide groups is 1. The summed E-state index contributed by atoms with van der Waals surface area (Å²) < 4.78 is 5.83. The van der Waals surface area contributed by atoms with Crippen LogP contribution in [0.2, 0.25) is 0 Å². The molecular weight excluding hydrogens is 416 g/mol. The number of rotatable bonds is 8. The van der Waals surface area contributed by atoms with E-state index in [1.165, 1.54) is 0 Å². The van der Waals surface area contributed by atoms with Crippen LogP contribution in [0.15, 0.2) is 78.9 Å². The summed E-state index contributed by atoms with van der Waals surface area (Å²) in [5, 5.41) is 10.6. The second-order valence-corrected chi connectivity index (χ2v) is 8.34. The van der Waals surface area contributed by atoms with Gasteiger partial charge < -0.3 is 14.7 Å². The van der Waals surface area contributed by atoms with E-state index in [0.717, 1.165) is 27.2 Å². The summed E-state index contributed by atoms with van der Waals surface area (Å²) in [5.74, 6) is 0.372. The maximum absolute atomic E-state index is 13.3. The van der Waals surface area contributed by atoms with Gasteiger partial charge in [0.15, 0.2) is 0 Å². The second kappa shape index (κ2) is 9.88. The minimum Gasteiger partial charge on any atom is -0.490 e. The lowest BCUT2D eigenvalue weighted by Crippen LogP contribution is -2.40. The van der Waals surface area contributed by atoms with Crippen LogP contribution in [-0.4, -0.2) is 46.1 Å². The first kappa shape index (κ1) is 22.6. The first-order valence-electron chi connectivity index (χ1n) is 11.0. The number of nitrogens with zero attached hydrogens (tertiary/aromatic N) is 2. The molecule has 3 aromatic rings. The number of aliphatic hydroxyl groups excluding tert-OH is 1. The summed E-state index contributed by atoms with van der Waals surface area (Å²) in [4.78, 5) is 29.3. The summed E-state index contributed by atoms with van der Waals surface area (Å²) in [6.07, 6.45) is -1.01. The molecule has 0 aliphatic carbocycles. The lowest BCUT2D eigenvalue weighted by molar-refractivity contribution is -0.129. The van der Waals surface area contributed by atoms with Crippen molar-refractivity contribution in [3.63, 3.8) is 0 Å². The molecule has 0 spiro atoms. The van der Waals surface area contributed by atoms with Gasteiger partial charge in [0.05, 0.1) is 6.54 Å². The van der Waals surface area contributed by atoms with E-state index >= 15 is 0 Å². The molecule has 1 fully saturated rings. The Balaban J connectivity index is 1.51. The number of hydrogen-bond acceptors (Lipinski definition) is 4. The smallest absolute Gasteiger partial charge is 0.328 e. The normalized spacial score (nSPS) is 16.9. The summed E-state index contributed by atoms with van der Waals surface area (Å²) in [7, 11) is 0. The Labute approximate surface area is 194 Å². The van der Waals surface area contributed by atoms with Gasteiger partial charge in [-0.1, -0.05) is 78.9 Å². The van der Waals surface area contributed by atoms with Crippen LogP contribution in [0.1, 0.15) is 28.3 Å². The van der Waals surface area contributed by atoms with Gasteiger partial charge >= 0.3 is 6.03 Å². The van der Waals surface area contributed by atoms with E-state index in [0.29, 0.717) is 12.3 Å². The van der Waals surface area contributed by atoms with Crippen LogP contribution in [0.5, 0.6) is 5.75 Å². The van der Waals surface area contributed by atoms with Crippen LogP contribution in [0.3, 0.4) is 0 Å². The number of ether oxygens (including phenoxy) is 1. The molecule has 3 aromatic carbocycles. The van der Waals surface area contributed by atoms with Crippen molar-refractivity contribution in [3.05, 3.63) is 101 Å². The quantitative estimate of drug-likeness (QED) is 0.528. The number of urea groups is 1. The lowest BCUT2D eigenvalue weighted by atomic mass is 10.1. The third-order valence-corrected chi connectivity index (χ3v) is 5.82. The summed E-state index contributed by atoms with van der Waals surface area (Å²) in [5.41, 5.74) is 3.61. The zero-order valence-corrected chi connectivity index (χ0v) is 18.8. The predicted molar refractivity (Wildman–Crippen MR) is 126 cm³/mol. The van der Waals surface area contributed by atoms with Crippen LogP contribution in [0.25, 0.3) is 0 Å². The molecule has 0 radical (unpaired) electrons. The maximum Gasteiger partial charge on any atom is 0.328 e. The lowest BCUT2D eigenvalue weighted by Gasteiger charge is -2.22. The van der Waals surface area contributed by atoms with Gasteiger partial charge in [-0.2, -0.15) is 0 Å². The Morgan fingerprint density at radius 2 is 1.48 bits per heavy atom. The third-order valence-electron chi connectivity index (χ3n) is 5.82. The fourth-order valence-corrected chi connectivity index (χ4v) is 4.18. The van der Waals surface area contributed by atoms with Crippen LogP contribution in [0.4, 0.5) is 4.79 Å². The molecule has 170 valence electrons. The summed E-state index contributed by atoms with van der Waals surface area (Å²) in [6, 6.07) is 23.5. The number of hydrogen-bond donors (Lipinski definition) is 1. The van der Waals surface area contributed by atoms with Gasteiger partial charge in [-0.15, -0.1) is 0 Å². The molecule has 2 unspecified atom stereocenters. The molecule has 0 aromatic heterocycles. The molecule has 1 aliphatic rings. The predicted octanol–water partition coefficient (Wildman–Crippen LogP) is 4.25. The number of amides is 3. The van der Waals surface area contributed by atoms with Crippen LogP contribution >= 0.6 is 0 Å². The van der Waals surface area contributed by atoms with E-state index < -0.39 is 18.2 Å². The highest BCUT2D eigenvalue weighted by Crippen LogP contribution is 2.32. The number of aliphatic hydroxyl groups is 1. The number of carbonyl (C=O) groups excluding carboxylic acids is 2. The van der Waals surface area contributed by atoms with Gasteiger partial charge in [0.2, 0.25) is 0 Å². The SMILES string of the molecule is Cc1cccc(C)c1OCC(O)CN1C(=O)C(c2ccccc2)N(Cc2ccccc2)C1=O. The van der Waals surface area contributed by atoms with Crippen molar-refractivity contribution in [1.82, 2.24) is 9.80 Å². The number of aryl methyl sites for hydroxylation is 2. The summed E-state index contributed by atoms with van der Waals surface area (Å²) >= 11 is 0. The third kappa shape index (κ3) is 4.91. The van der Waals surface area contributed by atoms with Gasteiger partial charge in [0.1, 0.15) is 24.5 Å². The molecule has 2 atom stereocenters. The average Bonchev–Trinajstić information content (AvgIpc) is 3.04. The van der Waals surface area contributed by atoms with Crippen molar-refractivity contribution in [1.29, 1.82) is 0 Å². The molecule has 6 heteroatoms. The number of benzene rings is 3. The molecule has 1 heterocycles. The maximum atomic E-state index is 13.3. The fourth-order valence-electron chi connectivity index (χ4n) is 4.18. The largest absolute Gasteiger partial charge is 0.490 e. The molecule has 0 bridgehead atoms. The highest BCUT2D eigenvalue weighted by Gasteiger charge is 2.46. The first-order chi connectivity index (χ1) is 16.0. The Morgan fingerprint density at radius 1 is 0.879 bits per heavy atom. The Morgan fingerprint density at radius 3 is 2.12 bits per heavy atom. The molecule has 33 heavy (non-hydrogen) atoms. The number of carbonyl (C=O) groups is 2. The van der Waals surface area contributed by atoms with Crippen molar-refractivity contribution in [2.75, 3.05) is 13.2 Å². The highest BCUT2D eigenvalue weighted by molar-refractivity contribution is 6.04. The Kier molecular flexibility index (Phi) is 6.75. The molecule has 4 rings (SSSR count). The van der Waals surface area contributed by atoms with Crippen LogP contribution < -0.4 is 4.74 Å². The van der Waals surface area contributed by atoms with Gasteiger partial charge in [-0.3, -0.25) is 9.69 Å². The highest BCUT2D eigenvalue weighted by atomic mass is 16.5. The monoisotopic (exact) mass is 444 g/mol. The van der Waals surface area contributed by atoms with Gasteiger partial charge in [-0.05, 0) is 36.1 Å². The van der Waals surface area contributed by atoms with E-state index in [4.69, 9.17) is 4.74 Å². The minimum atomic E-state index is -1.01. The van der Waals surface area contributed by atoms with E-state index in [-0.39, 0.29) is 19.1 Å². The molecule has 1 aliphatic heterocycles. The zero-order valence-electron chi connectivity index (χ0n) is 18.8. The van der Waals surface area contributed by atoms with E-state index in [9.17, 15) is 14.7 Å².